The summed E-state index contributed by atoms with van der Waals surface area (Å²) in [6, 6.07) is 22.5. The van der Waals surface area contributed by atoms with Crippen LogP contribution in [-0.4, -0.2) is 15.7 Å². The lowest BCUT2D eigenvalue weighted by Gasteiger charge is -2.07. The minimum absolute atomic E-state index is 0.326. The smallest absolute Gasteiger partial charge is 0.259 e. The van der Waals surface area contributed by atoms with E-state index in [9.17, 15) is 9.18 Å². The second kappa shape index (κ2) is 8.33. The number of rotatable bonds is 5. The number of amides is 1. The molecule has 0 radical (unpaired) electrons. The van der Waals surface area contributed by atoms with Crippen molar-refractivity contribution in [3.05, 3.63) is 107 Å². The van der Waals surface area contributed by atoms with Crippen LogP contribution in [0.3, 0.4) is 0 Å². The maximum atomic E-state index is 13.9. The van der Waals surface area contributed by atoms with Gasteiger partial charge in [-0.15, -0.1) is 0 Å². The molecular formula is C25H22FN3O. The minimum atomic E-state index is -0.355. The highest BCUT2D eigenvalue weighted by molar-refractivity contribution is 6.08. The lowest BCUT2D eigenvalue weighted by atomic mass is 10.1. The van der Waals surface area contributed by atoms with E-state index in [2.05, 4.69) is 10.4 Å². The van der Waals surface area contributed by atoms with Gasteiger partial charge < -0.3 is 5.32 Å². The summed E-state index contributed by atoms with van der Waals surface area (Å²) in [6.45, 7) is 4.24. The third-order valence-electron chi connectivity index (χ3n) is 4.95. The van der Waals surface area contributed by atoms with Crippen LogP contribution in [0.2, 0.25) is 0 Å². The molecule has 150 valence electrons. The standard InChI is InChI=1S/C25H22FN3O/c1-17-8-11-20(12-9-17)24-22(16-29(28-24)15-19-6-4-3-5-7-19)25(30)27-21-13-10-18(2)23(26)14-21/h3-14,16H,15H2,1-2H3,(H,27,30). The van der Waals surface area contributed by atoms with Crippen molar-refractivity contribution in [3.8, 4) is 11.3 Å². The lowest BCUT2D eigenvalue weighted by molar-refractivity contribution is 0.102. The second-order valence-electron chi connectivity index (χ2n) is 7.36. The first-order valence-electron chi connectivity index (χ1n) is 9.75. The van der Waals surface area contributed by atoms with E-state index in [4.69, 9.17) is 0 Å². The van der Waals surface area contributed by atoms with Crippen molar-refractivity contribution < 1.29 is 9.18 Å². The van der Waals surface area contributed by atoms with Gasteiger partial charge in [0.15, 0.2) is 0 Å². The number of anilines is 1. The normalized spacial score (nSPS) is 10.8. The summed E-state index contributed by atoms with van der Waals surface area (Å²) in [5.74, 6) is -0.681. The fourth-order valence-electron chi connectivity index (χ4n) is 3.23. The highest BCUT2D eigenvalue weighted by Crippen LogP contribution is 2.24. The summed E-state index contributed by atoms with van der Waals surface area (Å²) in [4.78, 5) is 13.1. The third-order valence-corrected chi connectivity index (χ3v) is 4.95. The summed E-state index contributed by atoms with van der Waals surface area (Å²) in [5, 5.41) is 7.47. The molecule has 1 heterocycles. The summed E-state index contributed by atoms with van der Waals surface area (Å²) in [7, 11) is 0. The Morgan fingerprint density at radius 1 is 1.00 bits per heavy atom. The van der Waals surface area contributed by atoms with Gasteiger partial charge in [0.1, 0.15) is 11.5 Å². The average molecular weight is 399 g/mol. The van der Waals surface area contributed by atoms with Crippen LogP contribution in [0.1, 0.15) is 27.0 Å². The number of aromatic nitrogens is 2. The van der Waals surface area contributed by atoms with E-state index in [0.717, 1.165) is 16.7 Å². The van der Waals surface area contributed by atoms with Crippen molar-refractivity contribution in [1.82, 2.24) is 9.78 Å². The molecule has 0 fully saturated rings. The van der Waals surface area contributed by atoms with Crippen LogP contribution in [0.4, 0.5) is 10.1 Å². The molecule has 0 saturated carbocycles. The van der Waals surface area contributed by atoms with Gasteiger partial charge in [-0.3, -0.25) is 9.48 Å². The number of hydrogen-bond acceptors (Lipinski definition) is 2. The summed E-state index contributed by atoms with van der Waals surface area (Å²) in [6.07, 6.45) is 1.74. The molecule has 30 heavy (non-hydrogen) atoms. The van der Waals surface area contributed by atoms with Gasteiger partial charge in [-0.2, -0.15) is 5.10 Å². The number of carbonyl (C=O) groups excluding carboxylic acids is 1. The van der Waals surface area contributed by atoms with Crippen LogP contribution in [0.25, 0.3) is 11.3 Å². The Balaban J connectivity index is 1.69. The summed E-state index contributed by atoms with van der Waals surface area (Å²) < 4.78 is 15.7. The Labute approximate surface area is 175 Å². The predicted octanol–water partition coefficient (Wildman–Crippen LogP) is 5.61. The zero-order chi connectivity index (χ0) is 21.1. The molecule has 0 spiro atoms. The molecule has 4 rings (SSSR count). The average Bonchev–Trinajstić information content (AvgIpc) is 3.16. The first kappa shape index (κ1) is 19.6. The molecule has 1 aromatic heterocycles. The van der Waals surface area contributed by atoms with Crippen molar-refractivity contribution in [2.75, 3.05) is 5.32 Å². The lowest BCUT2D eigenvalue weighted by Crippen LogP contribution is -2.12. The molecule has 0 atom stereocenters. The van der Waals surface area contributed by atoms with Gasteiger partial charge in [0, 0.05) is 17.4 Å². The Bertz CT molecular complexity index is 1180. The topological polar surface area (TPSA) is 46.9 Å². The molecule has 3 aromatic carbocycles. The number of aryl methyl sites for hydroxylation is 2. The highest BCUT2D eigenvalue weighted by atomic mass is 19.1. The Kier molecular flexibility index (Phi) is 5.44. The van der Waals surface area contributed by atoms with E-state index < -0.39 is 0 Å². The molecule has 0 unspecified atom stereocenters. The zero-order valence-electron chi connectivity index (χ0n) is 16.9. The molecule has 5 heteroatoms. The summed E-state index contributed by atoms with van der Waals surface area (Å²) in [5.41, 5.74) is 5.05. The molecule has 0 aliphatic heterocycles. The first-order valence-corrected chi connectivity index (χ1v) is 9.75. The zero-order valence-corrected chi connectivity index (χ0v) is 16.9. The fraction of sp³-hybridized carbons (Fsp3) is 0.120. The largest absolute Gasteiger partial charge is 0.322 e. The minimum Gasteiger partial charge on any atom is -0.322 e. The number of carbonyl (C=O) groups is 1. The highest BCUT2D eigenvalue weighted by Gasteiger charge is 2.19. The number of nitrogens with one attached hydrogen (secondary N) is 1. The maximum absolute atomic E-state index is 13.9. The number of benzene rings is 3. The second-order valence-corrected chi connectivity index (χ2v) is 7.36. The van der Waals surface area contributed by atoms with Gasteiger partial charge in [-0.1, -0.05) is 66.2 Å². The Morgan fingerprint density at radius 2 is 1.73 bits per heavy atom. The van der Waals surface area contributed by atoms with Crippen molar-refractivity contribution in [2.45, 2.75) is 20.4 Å². The molecule has 0 bridgehead atoms. The van der Waals surface area contributed by atoms with Gasteiger partial charge >= 0.3 is 0 Å². The van der Waals surface area contributed by atoms with Crippen LogP contribution in [0, 0.1) is 19.7 Å². The molecule has 0 aliphatic rings. The number of hydrogen-bond donors (Lipinski definition) is 1. The maximum Gasteiger partial charge on any atom is 0.259 e. The van der Waals surface area contributed by atoms with Gasteiger partial charge in [-0.05, 0) is 37.1 Å². The number of nitrogens with zero attached hydrogens (tertiary/aromatic N) is 2. The third kappa shape index (κ3) is 4.30. The first-order chi connectivity index (χ1) is 14.5. The van der Waals surface area contributed by atoms with Gasteiger partial charge in [0.25, 0.3) is 5.91 Å². The predicted molar refractivity (Wildman–Crippen MR) is 117 cm³/mol. The van der Waals surface area contributed by atoms with Gasteiger partial charge in [0.2, 0.25) is 0 Å². The SMILES string of the molecule is Cc1ccc(-c2nn(Cc3ccccc3)cc2C(=O)Nc2ccc(C)c(F)c2)cc1. The van der Waals surface area contributed by atoms with E-state index in [1.807, 2.05) is 61.5 Å². The van der Waals surface area contributed by atoms with Crippen molar-refractivity contribution in [1.29, 1.82) is 0 Å². The molecule has 4 nitrogen and oxygen atoms in total. The van der Waals surface area contributed by atoms with Crippen LogP contribution in [-0.2, 0) is 6.54 Å². The molecular weight excluding hydrogens is 377 g/mol. The van der Waals surface area contributed by atoms with Gasteiger partial charge in [-0.25, -0.2) is 4.39 Å². The molecule has 4 aromatic rings. The molecule has 1 N–H and O–H groups in total. The molecule has 0 saturated heterocycles. The van der Waals surface area contributed by atoms with E-state index in [-0.39, 0.29) is 11.7 Å². The Hall–Kier alpha value is -3.73. The van der Waals surface area contributed by atoms with Crippen molar-refractivity contribution in [3.63, 3.8) is 0 Å². The van der Waals surface area contributed by atoms with E-state index in [1.54, 1.807) is 29.9 Å². The Morgan fingerprint density at radius 3 is 2.43 bits per heavy atom. The quantitative estimate of drug-likeness (QED) is 0.474. The molecule has 1 amide bonds. The van der Waals surface area contributed by atoms with Crippen LogP contribution in [0.5, 0.6) is 0 Å². The number of halogens is 1. The van der Waals surface area contributed by atoms with E-state index >= 15 is 0 Å². The van der Waals surface area contributed by atoms with Crippen LogP contribution in [0.15, 0.2) is 79.0 Å². The molecule has 0 aliphatic carbocycles. The van der Waals surface area contributed by atoms with Crippen molar-refractivity contribution in [2.24, 2.45) is 0 Å². The van der Waals surface area contributed by atoms with Gasteiger partial charge in [0.05, 0.1) is 12.1 Å². The van der Waals surface area contributed by atoms with Crippen LogP contribution >= 0.6 is 0 Å². The van der Waals surface area contributed by atoms with E-state index in [0.29, 0.717) is 29.1 Å². The van der Waals surface area contributed by atoms with Crippen LogP contribution < -0.4 is 5.32 Å². The monoisotopic (exact) mass is 399 g/mol. The fourth-order valence-corrected chi connectivity index (χ4v) is 3.23. The van der Waals surface area contributed by atoms with Crippen molar-refractivity contribution >= 4 is 11.6 Å². The van der Waals surface area contributed by atoms with E-state index in [1.165, 1.54) is 6.07 Å². The summed E-state index contributed by atoms with van der Waals surface area (Å²) >= 11 is 0.